The first-order valence-electron chi connectivity index (χ1n) is 10.4. The number of carbonyl (C=O) groups is 2. The largest absolute Gasteiger partial charge is 0.488 e. The van der Waals surface area contributed by atoms with E-state index < -0.39 is 0 Å². The molecular formula is C28H20O4. The Bertz CT molecular complexity index is 1190. The minimum Gasteiger partial charge on any atom is -0.488 e. The number of rotatable bonds is 6. The summed E-state index contributed by atoms with van der Waals surface area (Å²) < 4.78 is 12.0. The van der Waals surface area contributed by atoms with Crippen LogP contribution < -0.4 is 9.47 Å². The number of fused-ring (bicyclic) bond motifs is 2. The number of benzene rings is 4. The molecule has 0 bridgehead atoms. The van der Waals surface area contributed by atoms with Crippen molar-refractivity contribution < 1.29 is 19.1 Å². The normalized spacial score (nSPS) is 12.1. The Morgan fingerprint density at radius 2 is 0.844 bits per heavy atom. The molecule has 4 heteroatoms. The molecule has 0 N–H and O–H groups in total. The molecule has 0 aromatic heterocycles. The summed E-state index contributed by atoms with van der Waals surface area (Å²) >= 11 is 0. The third kappa shape index (κ3) is 3.67. The van der Waals surface area contributed by atoms with Crippen molar-refractivity contribution in [1.82, 2.24) is 0 Å². The van der Waals surface area contributed by atoms with Gasteiger partial charge in [0, 0.05) is 11.1 Å². The van der Waals surface area contributed by atoms with Gasteiger partial charge < -0.3 is 9.47 Å². The van der Waals surface area contributed by atoms with Gasteiger partial charge in [-0.25, -0.2) is 0 Å². The van der Waals surface area contributed by atoms with Gasteiger partial charge >= 0.3 is 0 Å². The van der Waals surface area contributed by atoms with Crippen molar-refractivity contribution in [3.05, 3.63) is 130 Å². The second-order valence-corrected chi connectivity index (χ2v) is 7.56. The van der Waals surface area contributed by atoms with Crippen molar-refractivity contribution in [3.8, 4) is 11.5 Å². The van der Waals surface area contributed by atoms with E-state index in [2.05, 4.69) is 0 Å². The number of hydrogen-bond acceptors (Lipinski definition) is 4. The minimum absolute atomic E-state index is 0.233. The predicted molar refractivity (Wildman–Crippen MR) is 121 cm³/mol. The maximum atomic E-state index is 13.4. The van der Waals surface area contributed by atoms with E-state index in [1.54, 1.807) is 36.4 Å². The first-order chi connectivity index (χ1) is 15.7. The first kappa shape index (κ1) is 19.8. The summed E-state index contributed by atoms with van der Waals surface area (Å²) in [4.78, 5) is 26.8. The zero-order valence-electron chi connectivity index (χ0n) is 17.3. The van der Waals surface area contributed by atoms with E-state index in [1.807, 2.05) is 60.7 Å². The molecular weight excluding hydrogens is 400 g/mol. The monoisotopic (exact) mass is 420 g/mol. The van der Waals surface area contributed by atoms with E-state index >= 15 is 0 Å². The van der Waals surface area contributed by atoms with Crippen molar-refractivity contribution in [3.63, 3.8) is 0 Å². The molecule has 0 atom stereocenters. The van der Waals surface area contributed by atoms with Gasteiger partial charge in [-0.3, -0.25) is 9.59 Å². The summed E-state index contributed by atoms with van der Waals surface area (Å²) in [6.07, 6.45) is 0. The molecule has 5 rings (SSSR count). The molecule has 4 aromatic rings. The summed E-state index contributed by atoms with van der Waals surface area (Å²) in [5, 5.41) is 0. The van der Waals surface area contributed by atoms with Crippen molar-refractivity contribution in [2.24, 2.45) is 0 Å². The molecule has 0 saturated heterocycles. The molecule has 0 unspecified atom stereocenters. The molecule has 0 fully saturated rings. The number of carbonyl (C=O) groups excluding carboxylic acids is 2. The lowest BCUT2D eigenvalue weighted by Gasteiger charge is -2.23. The molecule has 32 heavy (non-hydrogen) atoms. The van der Waals surface area contributed by atoms with Crippen molar-refractivity contribution in [1.29, 1.82) is 0 Å². The minimum atomic E-state index is -0.233. The standard InChI is InChI=1S/C28H20O4/c29-27-21-13-7-8-14-22(21)28(30)26-24(32-18-20-11-5-2-6-12-20)16-15-23(25(26)27)31-17-19-9-3-1-4-10-19/h1-16H,17-18H2. The van der Waals surface area contributed by atoms with Gasteiger partial charge in [-0.2, -0.15) is 0 Å². The van der Waals surface area contributed by atoms with Gasteiger partial charge in [0.2, 0.25) is 0 Å². The molecule has 0 spiro atoms. The molecule has 4 aromatic carbocycles. The zero-order chi connectivity index (χ0) is 21.9. The lowest BCUT2D eigenvalue weighted by molar-refractivity contribution is 0.0971. The SMILES string of the molecule is O=C1c2ccccc2C(=O)c2c(OCc3ccccc3)ccc(OCc3ccccc3)c21. The van der Waals surface area contributed by atoms with Crippen LogP contribution in [0, 0.1) is 0 Å². The Labute approximate surface area is 186 Å². The summed E-state index contributed by atoms with van der Waals surface area (Å²) in [6.45, 7) is 0.585. The van der Waals surface area contributed by atoms with Crippen LogP contribution in [0.5, 0.6) is 11.5 Å². The van der Waals surface area contributed by atoms with Gasteiger partial charge in [-0.15, -0.1) is 0 Å². The highest BCUT2D eigenvalue weighted by Gasteiger charge is 2.35. The van der Waals surface area contributed by atoms with E-state index in [4.69, 9.17) is 9.47 Å². The van der Waals surface area contributed by atoms with Gasteiger partial charge in [0.05, 0.1) is 11.1 Å². The van der Waals surface area contributed by atoms with Crippen LogP contribution in [-0.2, 0) is 13.2 Å². The van der Waals surface area contributed by atoms with Gasteiger partial charge in [0.25, 0.3) is 0 Å². The maximum Gasteiger partial charge on any atom is 0.198 e. The molecule has 0 radical (unpaired) electrons. The Morgan fingerprint density at radius 1 is 0.469 bits per heavy atom. The van der Waals surface area contributed by atoms with E-state index in [0.29, 0.717) is 35.8 Å². The summed E-state index contributed by atoms with van der Waals surface area (Å²) in [5.41, 5.74) is 3.23. The van der Waals surface area contributed by atoms with Crippen LogP contribution in [-0.4, -0.2) is 11.6 Å². The van der Waals surface area contributed by atoms with Crippen molar-refractivity contribution in [2.45, 2.75) is 13.2 Å². The summed E-state index contributed by atoms with van der Waals surface area (Å²) in [7, 11) is 0. The molecule has 4 nitrogen and oxygen atoms in total. The lowest BCUT2D eigenvalue weighted by atomic mass is 9.83. The molecule has 1 aliphatic carbocycles. The van der Waals surface area contributed by atoms with Gasteiger partial charge in [-0.1, -0.05) is 84.9 Å². The third-order valence-electron chi connectivity index (χ3n) is 5.47. The Morgan fingerprint density at radius 3 is 1.25 bits per heavy atom. The second kappa shape index (κ2) is 8.52. The van der Waals surface area contributed by atoms with Crippen molar-refractivity contribution >= 4 is 11.6 Å². The first-order valence-corrected chi connectivity index (χ1v) is 10.4. The fourth-order valence-electron chi connectivity index (χ4n) is 3.87. The third-order valence-corrected chi connectivity index (χ3v) is 5.47. The fraction of sp³-hybridized carbons (Fsp3) is 0.0714. The Hall–Kier alpha value is -4.18. The number of ether oxygens (including phenoxy) is 2. The van der Waals surface area contributed by atoms with Gasteiger partial charge in [-0.05, 0) is 23.3 Å². The highest BCUT2D eigenvalue weighted by atomic mass is 16.5. The van der Waals surface area contributed by atoms with Gasteiger partial charge in [0.15, 0.2) is 11.6 Å². The van der Waals surface area contributed by atoms with Crippen LogP contribution >= 0.6 is 0 Å². The quantitative estimate of drug-likeness (QED) is 0.358. The van der Waals surface area contributed by atoms with E-state index in [-0.39, 0.29) is 22.7 Å². The van der Waals surface area contributed by atoms with Crippen molar-refractivity contribution in [2.75, 3.05) is 0 Å². The van der Waals surface area contributed by atoms with E-state index in [9.17, 15) is 9.59 Å². The molecule has 1 aliphatic rings. The van der Waals surface area contributed by atoms with Crippen LogP contribution in [0.4, 0.5) is 0 Å². The lowest BCUT2D eigenvalue weighted by Crippen LogP contribution is -2.23. The Kier molecular flexibility index (Phi) is 5.26. The summed E-state index contributed by atoms with van der Waals surface area (Å²) in [5.74, 6) is 0.291. The molecule has 156 valence electrons. The van der Waals surface area contributed by atoms with E-state index in [1.165, 1.54) is 0 Å². The topological polar surface area (TPSA) is 52.6 Å². The molecule has 0 saturated carbocycles. The summed E-state index contributed by atoms with van der Waals surface area (Å²) in [6, 6.07) is 29.7. The van der Waals surface area contributed by atoms with E-state index in [0.717, 1.165) is 11.1 Å². The smallest absolute Gasteiger partial charge is 0.198 e. The number of hydrogen-bond donors (Lipinski definition) is 0. The zero-order valence-corrected chi connectivity index (χ0v) is 17.3. The average molecular weight is 420 g/mol. The van der Waals surface area contributed by atoms with Crippen LogP contribution in [0.2, 0.25) is 0 Å². The molecule has 0 amide bonds. The molecule has 0 heterocycles. The average Bonchev–Trinajstić information content (AvgIpc) is 2.86. The van der Waals surface area contributed by atoms with Crippen LogP contribution in [0.25, 0.3) is 0 Å². The fourth-order valence-corrected chi connectivity index (χ4v) is 3.87. The second-order valence-electron chi connectivity index (χ2n) is 7.56. The molecule has 0 aliphatic heterocycles. The number of ketones is 2. The highest BCUT2D eigenvalue weighted by Crippen LogP contribution is 2.39. The maximum absolute atomic E-state index is 13.4. The van der Waals surface area contributed by atoms with Crippen LogP contribution in [0.15, 0.2) is 97.1 Å². The highest BCUT2D eigenvalue weighted by molar-refractivity contribution is 6.30. The predicted octanol–water partition coefficient (Wildman–Crippen LogP) is 5.62. The van der Waals surface area contributed by atoms with Crippen LogP contribution in [0.1, 0.15) is 43.0 Å². The Balaban J connectivity index is 1.55. The van der Waals surface area contributed by atoms with Crippen LogP contribution in [0.3, 0.4) is 0 Å². The van der Waals surface area contributed by atoms with Gasteiger partial charge in [0.1, 0.15) is 24.7 Å².